The lowest BCUT2D eigenvalue weighted by atomic mass is 10.0. The first kappa shape index (κ1) is 18.3. The van der Waals surface area contributed by atoms with E-state index in [1.165, 1.54) is 6.92 Å². The molecule has 0 aromatic rings. The highest BCUT2D eigenvalue weighted by atomic mass is 16.5. The van der Waals surface area contributed by atoms with E-state index >= 15 is 0 Å². The number of aliphatic hydroxyl groups excluding tert-OH is 4. The molecule has 0 aromatic heterocycles. The van der Waals surface area contributed by atoms with Crippen LogP contribution in [0.1, 0.15) is 45.4 Å². The zero-order chi connectivity index (χ0) is 14.7. The van der Waals surface area contributed by atoms with Crippen molar-refractivity contribution in [2.24, 2.45) is 0 Å². The van der Waals surface area contributed by atoms with Crippen LogP contribution in [0.3, 0.4) is 0 Å². The van der Waals surface area contributed by atoms with Crippen LogP contribution in [-0.4, -0.2) is 57.9 Å². The normalized spacial score (nSPS) is 15.8. The molecule has 0 aromatic carbocycles. The van der Waals surface area contributed by atoms with Gasteiger partial charge >= 0.3 is 5.97 Å². The fourth-order valence-corrected chi connectivity index (χ4v) is 1.69. The van der Waals surface area contributed by atoms with Gasteiger partial charge in [0.15, 0.2) is 0 Å². The molecule has 0 heterocycles. The average molecular weight is 278 g/mol. The predicted molar refractivity (Wildman–Crippen MR) is 69.4 cm³/mol. The fourth-order valence-electron chi connectivity index (χ4n) is 1.69. The van der Waals surface area contributed by atoms with Crippen molar-refractivity contribution in [2.45, 2.75) is 63.8 Å². The Balaban J connectivity index is 3.54. The minimum absolute atomic E-state index is 0.0634. The molecule has 0 saturated carbocycles. The van der Waals surface area contributed by atoms with E-state index in [9.17, 15) is 20.1 Å². The molecule has 3 unspecified atom stereocenters. The molecule has 0 radical (unpaired) electrons. The summed E-state index contributed by atoms with van der Waals surface area (Å²) in [5.41, 5.74) is 0. The molecule has 0 fully saturated rings. The maximum atomic E-state index is 10.5. The van der Waals surface area contributed by atoms with Gasteiger partial charge in [-0.05, 0) is 32.1 Å². The van der Waals surface area contributed by atoms with Gasteiger partial charge < -0.3 is 25.2 Å². The van der Waals surface area contributed by atoms with E-state index in [0.29, 0.717) is 38.5 Å². The van der Waals surface area contributed by atoms with Crippen LogP contribution in [0.2, 0.25) is 0 Å². The summed E-state index contributed by atoms with van der Waals surface area (Å²) in [4.78, 5) is 10.5. The van der Waals surface area contributed by atoms with E-state index in [1.54, 1.807) is 0 Å². The molecule has 0 spiro atoms. The van der Waals surface area contributed by atoms with Gasteiger partial charge in [-0.25, -0.2) is 0 Å². The zero-order valence-electron chi connectivity index (χ0n) is 11.5. The van der Waals surface area contributed by atoms with Gasteiger partial charge in [0.05, 0.1) is 24.9 Å². The molecule has 0 aliphatic rings. The molecular formula is C13H26O6. The number of carbonyl (C=O) groups is 1. The van der Waals surface area contributed by atoms with Crippen molar-refractivity contribution in [3.63, 3.8) is 0 Å². The molecule has 0 aliphatic carbocycles. The van der Waals surface area contributed by atoms with E-state index in [4.69, 9.17) is 9.84 Å². The third kappa shape index (κ3) is 12.1. The van der Waals surface area contributed by atoms with Crippen LogP contribution in [0, 0.1) is 0 Å². The minimum atomic E-state index is -0.601. The first-order chi connectivity index (χ1) is 8.95. The summed E-state index contributed by atoms with van der Waals surface area (Å²) in [7, 11) is 0. The number of hydrogen-bond donors (Lipinski definition) is 4. The molecule has 19 heavy (non-hydrogen) atoms. The molecule has 0 aliphatic heterocycles. The van der Waals surface area contributed by atoms with Crippen LogP contribution < -0.4 is 0 Å². The molecule has 6 nitrogen and oxygen atoms in total. The number of carbonyl (C=O) groups excluding carboxylic acids is 1. The van der Waals surface area contributed by atoms with Crippen molar-refractivity contribution in [3.8, 4) is 0 Å². The van der Waals surface area contributed by atoms with Gasteiger partial charge in [-0.15, -0.1) is 0 Å². The standard InChI is InChI=1S/C13H26O6/c1-10(15)19-9-7-13(18)5-3-11(16)2-4-12(17)6-8-14/h11-14,16-18H,2-9H2,1H3. The van der Waals surface area contributed by atoms with E-state index in [0.717, 1.165) is 0 Å². The van der Waals surface area contributed by atoms with Crippen molar-refractivity contribution >= 4 is 5.97 Å². The van der Waals surface area contributed by atoms with Crippen LogP contribution >= 0.6 is 0 Å². The van der Waals surface area contributed by atoms with Crippen LogP contribution in [0.5, 0.6) is 0 Å². The average Bonchev–Trinajstić information content (AvgIpc) is 2.33. The quantitative estimate of drug-likeness (QED) is 0.395. The Kier molecular flexibility index (Phi) is 10.8. The first-order valence-electron chi connectivity index (χ1n) is 6.74. The predicted octanol–water partition coefficient (Wildman–Crippen LogP) is -0.0349. The second-order valence-electron chi connectivity index (χ2n) is 4.76. The van der Waals surface area contributed by atoms with Crippen molar-refractivity contribution in [3.05, 3.63) is 0 Å². The molecule has 0 saturated heterocycles. The Morgan fingerprint density at radius 3 is 1.74 bits per heavy atom. The molecule has 0 amide bonds. The Labute approximate surface area is 114 Å². The van der Waals surface area contributed by atoms with Gasteiger partial charge in [-0.1, -0.05) is 0 Å². The highest BCUT2D eigenvalue weighted by molar-refractivity contribution is 5.65. The molecule has 0 rings (SSSR count). The van der Waals surface area contributed by atoms with E-state index in [2.05, 4.69) is 0 Å². The lowest BCUT2D eigenvalue weighted by Gasteiger charge is -2.15. The van der Waals surface area contributed by atoms with Crippen LogP contribution in [0.15, 0.2) is 0 Å². The Morgan fingerprint density at radius 1 is 0.895 bits per heavy atom. The topological polar surface area (TPSA) is 107 Å². The monoisotopic (exact) mass is 278 g/mol. The van der Waals surface area contributed by atoms with Crippen LogP contribution in [0.4, 0.5) is 0 Å². The molecular weight excluding hydrogens is 252 g/mol. The molecule has 0 bridgehead atoms. The highest BCUT2D eigenvalue weighted by Crippen LogP contribution is 2.11. The maximum Gasteiger partial charge on any atom is 0.302 e. The van der Waals surface area contributed by atoms with Crippen molar-refractivity contribution < 1.29 is 30.0 Å². The van der Waals surface area contributed by atoms with E-state index < -0.39 is 18.3 Å². The summed E-state index contributed by atoms with van der Waals surface area (Å²) in [5.74, 6) is -0.370. The third-order valence-corrected chi connectivity index (χ3v) is 2.88. The van der Waals surface area contributed by atoms with Crippen LogP contribution in [0.25, 0.3) is 0 Å². The lowest BCUT2D eigenvalue weighted by molar-refractivity contribution is -0.141. The second-order valence-corrected chi connectivity index (χ2v) is 4.76. The summed E-state index contributed by atoms with van der Waals surface area (Å²) in [6.07, 6.45) is 0.660. The summed E-state index contributed by atoms with van der Waals surface area (Å²) in [6, 6.07) is 0. The summed E-state index contributed by atoms with van der Waals surface area (Å²) in [6.45, 7) is 1.43. The van der Waals surface area contributed by atoms with E-state index in [1.807, 2.05) is 0 Å². The molecule has 6 heteroatoms. The Bertz CT molecular complexity index is 233. The van der Waals surface area contributed by atoms with Gasteiger partial charge in [0.25, 0.3) is 0 Å². The summed E-state index contributed by atoms with van der Waals surface area (Å²) < 4.78 is 4.71. The van der Waals surface area contributed by atoms with Gasteiger partial charge in [-0.3, -0.25) is 4.79 Å². The lowest BCUT2D eigenvalue weighted by Crippen LogP contribution is -2.18. The smallest absolute Gasteiger partial charge is 0.302 e. The number of esters is 1. The summed E-state index contributed by atoms with van der Waals surface area (Å²) >= 11 is 0. The number of rotatable bonds is 11. The zero-order valence-corrected chi connectivity index (χ0v) is 11.5. The van der Waals surface area contributed by atoms with Crippen molar-refractivity contribution in [1.82, 2.24) is 0 Å². The third-order valence-electron chi connectivity index (χ3n) is 2.88. The van der Waals surface area contributed by atoms with Crippen molar-refractivity contribution in [1.29, 1.82) is 0 Å². The second kappa shape index (κ2) is 11.2. The van der Waals surface area contributed by atoms with E-state index in [-0.39, 0.29) is 19.2 Å². The highest BCUT2D eigenvalue weighted by Gasteiger charge is 2.12. The molecule has 3 atom stereocenters. The largest absolute Gasteiger partial charge is 0.466 e. The maximum absolute atomic E-state index is 10.5. The number of aliphatic hydroxyl groups is 4. The molecule has 114 valence electrons. The minimum Gasteiger partial charge on any atom is -0.466 e. The molecule has 4 N–H and O–H groups in total. The van der Waals surface area contributed by atoms with Crippen LogP contribution in [-0.2, 0) is 9.53 Å². The Hall–Kier alpha value is -0.690. The Morgan fingerprint density at radius 2 is 1.32 bits per heavy atom. The fraction of sp³-hybridized carbons (Fsp3) is 0.923. The SMILES string of the molecule is CC(=O)OCCC(O)CCC(O)CCC(O)CCO. The summed E-state index contributed by atoms with van der Waals surface area (Å²) in [5, 5.41) is 37.2. The number of hydrogen-bond acceptors (Lipinski definition) is 6. The first-order valence-corrected chi connectivity index (χ1v) is 6.74. The van der Waals surface area contributed by atoms with Gasteiger partial charge in [0.2, 0.25) is 0 Å². The van der Waals surface area contributed by atoms with Crippen molar-refractivity contribution in [2.75, 3.05) is 13.2 Å². The van der Waals surface area contributed by atoms with Gasteiger partial charge in [0, 0.05) is 20.0 Å². The number of ether oxygens (including phenoxy) is 1. The van der Waals surface area contributed by atoms with Gasteiger partial charge in [0.1, 0.15) is 0 Å². The van der Waals surface area contributed by atoms with Gasteiger partial charge in [-0.2, -0.15) is 0 Å².